The van der Waals surface area contributed by atoms with Gasteiger partial charge in [0, 0.05) is 0 Å². The zero-order valence-corrected chi connectivity index (χ0v) is 18.7. The van der Waals surface area contributed by atoms with E-state index >= 15 is 0 Å². The van der Waals surface area contributed by atoms with E-state index in [0.717, 1.165) is 6.42 Å². The van der Waals surface area contributed by atoms with Crippen molar-refractivity contribution in [2.45, 2.75) is 161 Å². The first-order valence-electron chi connectivity index (χ1n) is 12.7. The molecule has 0 aromatic rings. The molecule has 1 radical (unpaired) electrons. The van der Waals surface area contributed by atoms with Crippen molar-refractivity contribution in [2.75, 3.05) is 0 Å². The van der Waals surface area contributed by atoms with E-state index in [0.29, 0.717) is 0 Å². The Balaban J connectivity index is 2.95. The van der Waals surface area contributed by atoms with Gasteiger partial charge >= 0.3 is 0 Å². The largest absolute Gasteiger partial charge is 0.0654 e. The van der Waals surface area contributed by atoms with E-state index in [-0.39, 0.29) is 0 Å². The zero-order chi connectivity index (χ0) is 19.0. The van der Waals surface area contributed by atoms with E-state index in [1.807, 2.05) is 0 Å². The quantitative estimate of drug-likeness (QED) is 0.158. The van der Waals surface area contributed by atoms with Crippen molar-refractivity contribution >= 4 is 0 Å². The minimum Gasteiger partial charge on any atom is -0.0654 e. The molecular weight excluding hydrogens is 312 g/mol. The van der Waals surface area contributed by atoms with Crippen molar-refractivity contribution in [1.29, 1.82) is 0 Å². The van der Waals surface area contributed by atoms with Crippen LogP contribution in [0.2, 0.25) is 0 Å². The molecule has 157 valence electrons. The second-order valence-corrected chi connectivity index (χ2v) is 8.63. The lowest BCUT2D eigenvalue weighted by molar-refractivity contribution is 0.518. The summed E-state index contributed by atoms with van der Waals surface area (Å²) in [7, 11) is 0. The van der Waals surface area contributed by atoms with Crippen LogP contribution >= 0.6 is 0 Å². The maximum absolute atomic E-state index is 3.91. The van der Waals surface area contributed by atoms with Crippen LogP contribution in [-0.2, 0) is 0 Å². The molecule has 0 heteroatoms. The van der Waals surface area contributed by atoms with E-state index in [2.05, 4.69) is 13.8 Å². The van der Waals surface area contributed by atoms with E-state index in [9.17, 15) is 0 Å². The van der Waals surface area contributed by atoms with Gasteiger partial charge in [0.05, 0.1) is 0 Å². The highest BCUT2D eigenvalue weighted by molar-refractivity contribution is 4.51. The number of rotatable bonds is 23. The highest BCUT2D eigenvalue weighted by Crippen LogP contribution is 2.15. The van der Waals surface area contributed by atoms with E-state index in [1.54, 1.807) is 0 Å². The lowest BCUT2D eigenvalue weighted by atomic mass is 10.0. The third-order valence-electron chi connectivity index (χ3n) is 5.85. The molecule has 0 saturated heterocycles. The highest BCUT2D eigenvalue weighted by atomic mass is 14.0. The molecule has 0 atom stereocenters. The van der Waals surface area contributed by atoms with E-state index in [4.69, 9.17) is 0 Å². The van der Waals surface area contributed by atoms with Crippen LogP contribution in [0.3, 0.4) is 0 Å². The summed E-state index contributed by atoms with van der Waals surface area (Å²) in [5.74, 6) is 0. The summed E-state index contributed by atoms with van der Waals surface area (Å²) in [6, 6.07) is 0. The van der Waals surface area contributed by atoms with Gasteiger partial charge in [-0.1, -0.05) is 168 Å². The molecule has 0 aromatic carbocycles. The maximum atomic E-state index is 3.91. The SMILES string of the molecule is [CH2]CCCCCCCCCCCCCCCCCCCCCCCCC. The predicted molar refractivity (Wildman–Crippen MR) is 122 cm³/mol. The van der Waals surface area contributed by atoms with Crippen molar-refractivity contribution in [3.8, 4) is 0 Å². The molecule has 0 N–H and O–H groups in total. The van der Waals surface area contributed by atoms with Crippen LogP contribution in [0.1, 0.15) is 161 Å². The van der Waals surface area contributed by atoms with Gasteiger partial charge in [-0.3, -0.25) is 0 Å². The van der Waals surface area contributed by atoms with E-state index < -0.39 is 0 Å². The first kappa shape index (κ1) is 26.0. The number of unbranched alkanes of at least 4 members (excludes halogenated alkanes) is 23. The molecule has 0 unspecified atom stereocenters. The molecule has 0 heterocycles. The highest BCUT2D eigenvalue weighted by Gasteiger charge is 1.95. The molecule has 0 fully saturated rings. The second kappa shape index (κ2) is 25.0. The fourth-order valence-corrected chi connectivity index (χ4v) is 3.96. The second-order valence-electron chi connectivity index (χ2n) is 8.63. The first-order valence-corrected chi connectivity index (χ1v) is 12.7. The lowest BCUT2D eigenvalue weighted by Gasteiger charge is -2.04. The molecule has 0 rings (SSSR count). The van der Waals surface area contributed by atoms with Gasteiger partial charge in [-0.25, -0.2) is 0 Å². The fourth-order valence-electron chi connectivity index (χ4n) is 3.96. The molecule has 0 nitrogen and oxygen atoms in total. The Hall–Kier alpha value is 0. The molecule has 0 spiro atoms. The Labute approximate surface area is 168 Å². The molecule has 0 saturated carbocycles. The van der Waals surface area contributed by atoms with Crippen LogP contribution in [0.5, 0.6) is 0 Å². The van der Waals surface area contributed by atoms with Crippen LogP contribution < -0.4 is 0 Å². The van der Waals surface area contributed by atoms with Crippen LogP contribution in [0.4, 0.5) is 0 Å². The van der Waals surface area contributed by atoms with Crippen LogP contribution in [-0.4, -0.2) is 0 Å². The molecule has 0 amide bonds. The zero-order valence-electron chi connectivity index (χ0n) is 18.7. The topological polar surface area (TPSA) is 0 Å². The Morgan fingerprint density at radius 3 is 0.692 bits per heavy atom. The van der Waals surface area contributed by atoms with Crippen LogP contribution in [0.25, 0.3) is 0 Å². The minimum absolute atomic E-state index is 1.12. The maximum Gasteiger partial charge on any atom is -0.0533 e. The van der Waals surface area contributed by atoms with Crippen molar-refractivity contribution in [3.05, 3.63) is 6.92 Å². The first-order chi connectivity index (χ1) is 12.9. The Kier molecular flexibility index (Phi) is 25.0. The summed E-state index contributed by atoms with van der Waals surface area (Å²) in [5.41, 5.74) is 0. The monoisotopic (exact) mass is 365 g/mol. The average Bonchev–Trinajstić information content (AvgIpc) is 2.66. The molecular formula is C26H53. The van der Waals surface area contributed by atoms with E-state index in [1.165, 1.54) is 148 Å². The molecule has 0 aromatic heterocycles. The van der Waals surface area contributed by atoms with Gasteiger partial charge in [-0.05, 0) is 0 Å². The van der Waals surface area contributed by atoms with Gasteiger partial charge in [0.1, 0.15) is 0 Å². The number of hydrogen-bond acceptors (Lipinski definition) is 0. The molecule has 0 bridgehead atoms. The van der Waals surface area contributed by atoms with Crippen molar-refractivity contribution in [1.82, 2.24) is 0 Å². The summed E-state index contributed by atoms with van der Waals surface area (Å²) in [4.78, 5) is 0. The summed E-state index contributed by atoms with van der Waals surface area (Å²) in [6.45, 7) is 6.21. The van der Waals surface area contributed by atoms with Crippen molar-refractivity contribution in [3.63, 3.8) is 0 Å². The normalized spacial score (nSPS) is 11.3. The third kappa shape index (κ3) is 24.0. The molecule has 0 aliphatic heterocycles. The van der Waals surface area contributed by atoms with Gasteiger partial charge in [0.15, 0.2) is 0 Å². The summed E-state index contributed by atoms with van der Waals surface area (Å²) >= 11 is 0. The van der Waals surface area contributed by atoms with Gasteiger partial charge in [-0.15, -0.1) is 0 Å². The lowest BCUT2D eigenvalue weighted by Crippen LogP contribution is -1.84. The standard InChI is InChI=1S/C26H53/c1-3-5-7-9-11-13-15-17-19-21-23-25-26-24-22-20-18-16-14-12-10-8-6-4-2/h1,3-26H2,2H3. The van der Waals surface area contributed by atoms with Gasteiger partial charge in [-0.2, -0.15) is 0 Å². The van der Waals surface area contributed by atoms with Gasteiger partial charge < -0.3 is 0 Å². The fraction of sp³-hybridized carbons (Fsp3) is 0.962. The molecule has 26 heavy (non-hydrogen) atoms. The van der Waals surface area contributed by atoms with Crippen molar-refractivity contribution in [2.24, 2.45) is 0 Å². The molecule has 0 aliphatic carbocycles. The Morgan fingerprint density at radius 2 is 0.500 bits per heavy atom. The number of hydrogen-bond donors (Lipinski definition) is 0. The molecule has 0 aliphatic rings. The summed E-state index contributed by atoms with van der Waals surface area (Å²) < 4.78 is 0. The summed E-state index contributed by atoms with van der Waals surface area (Å²) in [6.07, 6.45) is 34.8. The van der Waals surface area contributed by atoms with Crippen LogP contribution in [0, 0.1) is 6.92 Å². The Morgan fingerprint density at radius 1 is 0.308 bits per heavy atom. The minimum atomic E-state index is 1.12. The van der Waals surface area contributed by atoms with Crippen LogP contribution in [0.15, 0.2) is 0 Å². The van der Waals surface area contributed by atoms with Gasteiger partial charge in [0.25, 0.3) is 0 Å². The predicted octanol–water partition coefficient (Wildman–Crippen LogP) is 10.2. The Bertz CT molecular complexity index is 196. The van der Waals surface area contributed by atoms with Gasteiger partial charge in [0.2, 0.25) is 0 Å². The van der Waals surface area contributed by atoms with Crippen molar-refractivity contribution < 1.29 is 0 Å². The third-order valence-corrected chi connectivity index (χ3v) is 5.85. The smallest absolute Gasteiger partial charge is 0.0533 e. The average molecular weight is 366 g/mol. The summed E-state index contributed by atoms with van der Waals surface area (Å²) in [5, 5.41) is 0.